The van der Waals surface area contributed by atoms with Gasteiger partial charge in [0.15, 0.2) is 0 Å². The maximum Gasteiger partial charge on any atom is 0.105 e. The molecular weight excluding hydrogens is 166 g/mol. The van der Waals surface area contributed by atoms with Crippen LogP contribution >= 0.6 is 0 Å². The van der Waals surface area contributed by atoms with Gasteiger partial charge in [-0.3, -0.25) is 4.90 Å². The lowest BCUT2D eigenvalue weighted by Crippen LogP contribution is -2.55. The average Bonchev–Trinajstić information content (AvgIpc) is 2.42. The summed E-state index contributed by atoms with van der Waals surface area (Å²) in [6.07, 6.45) is 2.06. The number of likely N-dealkylation sites (tertiary alicyclic amines) is 1. The third kappa shape index (κ3) is 1.60. The molecule has 2 saturated heterocycles. The molecule has 2 fully saturated rings. The first-order valence-electron chi connectivity index (χ1n) is 5.20. The minimum atomic E-state index is -0.589. The molecule has 2 aliphatic rings. The van der Waals surface area contributed by atoms with Crippen LogP contribution in [0.1, 0.15) is 26.7 Å². The molecule has 0 saturated carbocycles. The van der Waals surface area contributed by atoms with Gasteiger partial charge in [0.1, 0.15) is 5.60 Å². The molecule has 0 radical (unpaired) electrons. The molecule has 76 valence electrons. The molecule has 0 aromatic carbocycles. The molecule has 0 aromatic heterocycles. The normalized spacial score (nSPS) is 46.4. The Hall–Kier alpha value is -0.120. The first-order valence-corrected chi connectivity index (χ1v) is 5.20. The quantitative estimate of drug-likeness (QED) is 0.684. The van der Waals surface area contributed by atoms with E-state index in [0.29, 0.717) is 12.6 Å². The number of nitrogens with zero attached hydrogens (tertiary/aromatic N) is 1. The van der Waals surface area contributed by atoms with Gasteiger partial charge in [-0.05, 0) is 20.3 Å². The number of aliphatic hydroxyl groups is 1. The molecule has 0 amide bonds. The van der Waals surface area contributed by atoms with Crippen molar-refractivity contribution >= 4 is 0 Å². The van der Waals surface area contributed by atoms with Crippen molar-refractivity contribution in [1.29, 1.82) is 0 Å². The van der Waals surface area contributed by atoms with Crippen LogP contribution in [-0.4, -0.2) is 47.4 Å². The van der Waals surface area contributed by atoms with Crippen molar-refractivity contribution in [2.45, 2.75) is 44.4 Å². The molecule has 3 atom stereocenters. The molecule has 0 spiro atoms. The molecule has 2 rings (SSSR count). The molecule has 1 N–H and O–H groups in total. The monoisotopic (exact) mass is 185 g/mol. The van der Waals surface area contributed by atoms with Gasteiger partial charge >= 0.3 is 0 Å². The average molecular weight is 185 g/mol. The van der Waals surface area contributed by atoms with Gasteiger partial charge in [-0.2, -0.15) is 0 Å². The Morgan fingerprint density at radius 1 is 1.54 bits per heavy atom. The lowest BCUT2D eigenvalue weighted by molar-refractivity contribution is -0.0705. The standard InChI is InChI=1S/C10H19NO2/c1-8-3-5-11(8)7-10(12)4-6-13-9(10)2/h8-9,12H,3-7H2,1-2H3. The van der Waals surface area contributed by atoms with Crippen molar-refractivity contribution in [2.75, 3.05) is 19.7 Å². The number of β-amino-alcohol motifs (C(OH)–C–C–N with tert-alkyl or cyclic N) is 1. The van der Waals surface area contributed by atoms with E-state index in [2.05, 4.69) is 11.8 Å². The zero-order chi connectivity index (χ0) is 9.47. The van der Waals surface area contributed by atoms with Gasteiger partial charge in [-0.1, -0.05) is 0 Å². The van der Waals surface area contributed by atoms with Gasteiger partial charge in [0.2, 0.25) is 0 Å². The predicted octanol–water partition coefficient (Wildman–Crippen LogP) is 0.620. The van der Waals surface area contributed by atoms with Gasteiger partial charge in [0.25, 0.3) is 0 Å². The van der Waals surface area contributed by atoms with E-state index in [1.54, 1.807) is 0 Å². The molecule has 2 heterocycles. The zero-order valence-corrected chi connectivity index (χ0v) is 8.49. The molecule has 0 bridgehead atoms. The molecule has 2 aliphatic heterocycles. The van der Waals surface area contributed by atoms with Crippen LogP contribution in [0.4, 0.5) is 0 Å². The number of rotatable bonds is 2. The number of hydrogen-bond acceptors (Lipinski definition) is 3. The second-order valence-electron chi connectivity index (χ2n) is 4.47. The van der Waals surface area contributed by atoms with Crippen LogP contribution in [0.2, 0.25) is 0 Å². The van der Waals surface area contributed by atoms with E-state index in [1.165, 1.54) is 6.42 Å². The Morgan fingerprint density at radius 3 is 2.69 bits per heavy atom. The van der Waals surface area contributed by atoms with Crippen LogP contribution < -0.4 is 0 Å². The number of hydrogen-bond donors (Lipinski definition) is 1. The first-order chi connectivity index (χ1) is 6.12. The summed E-state index contributed by atoms with van der Waals surface area (Å²) in [6, 6.07) is 0.650. The molecule has 13 heavy (non-hydrogen) atoms. The van der Waals surface area contributed by atoms with Crippen LogP contribution in [0, 0.1) is 0 Å². The minimum absolute atomic E-state index is 0.000278. The van der Waals surface area contributed by atoms with E-state index in [1.807, 2.05) is 6.92 Å². The fourth-order valence-electron chi connectivity index (χ4n) is 2.13. The van der Waals surface area contributed by atoms with E-state index in [9.17, 15) is 5.11 Å². The molecule has 3 nitrogen and oxygen atoms in total. The Bertz CT molecular complexity index is 197. The molecule has 3 unspecified atom stereocenters. The van der Waals surface area contributed by atoms with Gasteiger partial charge in [0, 0.05) is 32.2 Å². The Kier molecular flexibility index (Phi) is 2.34. The van der Waals surface area contributed by atoms with E-state index < -0.39 is 5.60 Å². The van der Waals surface area contributed by atoms with Crippen molar-refractivity contribution in [1.82, 2.24) is 4.90 Å². The van der Waals surface area contributed by atoms with E-state index >= 15 is 0 Å². The summed E-state index contributed by atoms with van der Waals surface area (Å²) >= 11 is 0. The molecule has 3 heteroatoms. The van der Waals surface area contributed by atoms with Gasteiger partial charge in [-0.25, -0.2) is 0 Å². The van der Waals surface area contributed by atoms with Crippen molar-refractivity contribution in [3.63, 3.8) is 0 Å². The summed E-state index contributed by atoms with van der Waals surface area (Å²) in [6.45, 7) is 6.82. The van der Waals surface area contributed by atoms with E-state index in [4.69, 9.17) is 4.74 Å². The Morgan fingerprint density at radius 2 is 2.31 bits per heavy atom. The van der Waals surface area contributed by atoms with E-state index in [0.717, 1.165) is 19.5 Å². The number of ether oxygens (including phenoxy) is 1. The SMILES string of the molecule is CC1CCN1CC1(O)CCOC1C. The van der Waals surface area contributed by atoms with Crippen LogP contribution in [0.5, 0.6) is 0 Å². The minimum Gasteiger partial charge on any atom is -0.386 e. The summed E-state index contributed by atoms with van der Waals surface area (Å²) in [5.74, 6) is 0. The highest BCUT2D eigenvalue weighted by Crippen LogP contribution is 2.29. The summed E-state index contributed by atoms with van der Waals surface area (Å²) in [5.41, 5.74) is -0.589. The fourth-order valence-corrected chi connectivity index (χ4v) is 2.13. The van der Waals surface area contributed by atoms with Crippen LogP contribution in [0.15, 0.2) is 0 Å². The van der Waals surface area contributed by atoms with Crippen molar-refractivity contribution in [2.24, 2.45) is 0 Å². The largest absolute Gasteiger partial charge is 0.386 e. The highest BCUT2D eigenvalue weighted by Gasteiger charge is 2.42. The van der Waals surface area contributed by atoms with Crippen molar-refractivity contribution in [3.8, 4) is 0 Å². The second-order valence-corrected chi connectivity index (χ2v) is 4.47. The lowest BCUT2D eigenvalue weighted by atomic mass is 9.92. The summed E-state index contributed by atoms with van der Waals surface area (Å²) in [7, 11) is 0. The second kappa shape index (κ2) is 3.23. The fraction of sp³-hybridized carbons (Fsp3) is 1.00. The third-order valence-corrected chi connectivity index (χ3v) is 3.59. The van der Waals surface area contributed by atoms with E-state index in [-0.39, 0.29) is 6.10 Å². The summed E-state index contributed by atoms with van der Waals surface area (Å²) in [5, 5.41) is 10.2. The van der Waals surface area contributed by atoms with Crippen LogP contribution in [0.25, 0.3) is 0 Å². The maximum absolute atomic E-state index is 10.2. The summed E-state index contributed by atoms with van der Waals surface area (Å²) in [4.78, 5) is 2.34. The lowest BCUT2D eigenvalue weighted by Gasteiger charge is -2.43. The summed E-state index contributed by atoms with van der Waals surface area (Å²) < 4.78 is 5.40. The highest BCUT2D eigenvalue weighted by atomic mass is 16.5. The van der Waals surface area contributed by atoms with Gasteiger partial charge in [0.05, 0.1) is 6.10 Å². The van der Waals surface area contributed by atoms with Gasteiger partial charge < -0.3 is 9.84 Å². The van der Waals surface area contributed by atoms with Crippen LogP contribution in [-0.2, 0) is 4.74 Å². The van der Waals surface area contributed by atoms with Crippen molar-refractivity contribution in [3.05, 3.63) is 0 Å². The highest BCUT2D eigenvalue weighted by molar-refractivity contribution is 4.95. The zero-order valence-electron chi connectivity index (χ0n) is 8.49. The van der Waals surface area contributed by atoms with Crippen LogP contribution in [0.3, 0.4) is 0 Å². The van der Waals surface area contributed by atoms with Gasteiger partial charge in [-0.15, -0.1) is 0 Å². The Labute approximate surface area is 79.7 Å². The topological polar surface area (TPSA) is 32.7 Å². The van der Waals surface area contributed by atoms with Crippen molar-refractivity contribution < 1.29 is 9.84 Å². The smallest absolute Gasteiger partial charge is 0.105 e. The third-order valence-electron chi connectivity index (χ3n) is 3.59. The molecule has 0 aliphatic carbocycles. The molecular formula is C10H19NO2. The molecule has 0 aromatic rings. The Balaban J connectivity index is 1.92. The maximum atomic E-state index is 10.2. The first kappa shape index (κ1) is 9.44. The predicted molar refractivity (Wildman–Crippen MR) is 50.6 cm³/mol.